The SMILES string of the molecule is CN(CC(=O)N1CC=C(c2ccccc2)CC1)[C@@H]1CCCc2ccccc21. The third-order valence-electron chi connectivity index (χ3n) is 5.96. The van der Waals surface area contributed by atoms with Crippen LogP contribution in [0.25, 0.3) is 5.57 Å². The Morgan fingerprint density at radius 1 is 1.07 bits per heavy atom. The molecular formula is C24H28N2O. The Balaban J connectivity index is 1.38. The first-order valence-electron chi connectivity index (χ1n) is 10.0. The zero-order valence-electron chi connectivity index (χ0n) is 16.1. The van der Waals surface area contributed by atoms with Crippen LogP contribution >= 0.6 is 0 Å². The summed E-state index contributed by atoms with van der Waals surface area (Å²) in [5, 5.41) is 0. The van der Waals surface area contributed by atoms with Crippen LogP contribution in [-0.2, 0) is 11.2 Å². The lowest BCUT2D eigenvalue weighted by molar-refractivity contribution is -0.132. The Morgan fingerprint density at radius 2 is 1.85 bits per heavy atom. The molecule has 1 heterocycles. The maximum Gasteiger partial charge on any atom is 0.237 e. The second-order valence-corrected chi connectivity index (χ2v) is 7.71. The fourth-order valence-electron chi connectivity index (χ4n) is 4.42. The van der Waals surface area contributed by atoms with Crippen LogP contribution in [-0.4, -0.2) is 42.4 Å². The van der Waals surface area contributed by atoms with Crippen molar-refractivity contribution >= 4 is 11.5 Å². The summed E-state index contributed by atoms with van der Waals surface area (Å²) in [7, 11) is 2.10. The normalized spacial score (nSPS) is 19.6. The number of fused-ring (bicyclic) bond motifs is 1. The summed E-state index contributed by atoms with van der Waals surface area (Å²) in [4.78, 5) is 17.1. The van der Waals surface area contributed by atoms with E-state index in [9.17, 15) is 4.79 Å². The molecule has 0 spiro atoms. The van der Waals surface area contributed by atoms with Gasteiger partial charge in [0.2, 0.25) is 5.91 Å². The van der Waals surface area contributed by atoms with Crippen molar-refractivity contribution in [3.05, 3.63) is 77.4 Å². The molecular weight excluding hydrogens is 332 g/mol. The van der Waals surface area contributed by atoms with Crippen molar-refractivity contribution in [3.8, 4) is 0 Å². The minimum Gasteiger partial charge on any atom is -0.338 e. The molecule has 27 heavy (non-hydrogen) atoms. The minimum absolute atomic E-state index is 0.240. The summed E-state index contributed by atoms with van der Waals surface area (Å²) in [6, 6.07) is 19.6. The van der Waals surface area contributed by atoms with E-state index in [0.717, 1.165) is 32.4 Å². The number of benzene rings is 2. The van der Waals surface area contributed by atoms with Crippen molar-refractivity contribution in [2.75, 3.05) is 26.7 Å². The average molecular weight is 361 g/mol. The highest BCUT2D eigenvalue weighted by molar-refractivity contribution is 5.80. The maximum atomic E-state index is 12.9. The van der Waals surface area contributed by atoms with Gasteiger partial charge in [-0.2, -0.15) is 0 Å². The van der Waals surface area contributed by atoms with Crippen molar-refractivity contribution < 1.29 is 4.79 Å². The van der Waals surface area contributed by atoms with Crippen LogP contribution in [0, 0.1) is 0 Å². The predicted molar refractivity (Wildman–Crippen MR) is 110 cm³/mol. The van der Waals surface area contributed by atoms with Gasteiger partial charge in [0.05, 0.1) is 6.54 Å². The molecule has 3 nitrogen and oxygen atoms in total. The molecule has 4 rings (SSSR count). The number of carbonyl (C=O) groups is 1. The van der Waals surface area contributed by atoms with E-state index in [1.54, 1.807) is 0 Å². The molecule has 2 aliphatic rings. The van der Waals surface area contributed by atoms with Gasteiger partial charge < -0.3 is 4.90 Å². The van der Waals surface area contributed by atoms with E-state index in [2.05, 4.69) is 66.6 Å². The fourth-order valence-corrected chi connectivity index (χ4v) is 4.42. The van der Waals surface area contributed by atoms with Crippen molar-refractivity contribution in [1.29, 1.82) is 0 Å². The average Bonchev–Trinajstić information content (AvgIpc) is 2.74. The van der Waals surface area contributed by atoms with Gasteiger partial charge in [0.1, 0.15) is 0 Å². The quantitative estimate of drug-likeness (QED) is 0.811. The lowest BCUT2D eigenvalue weighted by Gasteiger charge is -2.35. The molecule has 2 aromatic rings. The maximum absolute atomic E-state index is 12.9. The van der Waals surface area contributed by atoms with Crippen LogP contribution in [0.1, 0.15) is 42.0 Å². The van der Waals surface area contributed by atoms with E-state index in [4.69, 9.17) is 0 Å². The molecule has 0 saturated carbocycles. The molecule has 1 aliphatic carbocycles. The van der Waals surface area contributed by atoms with Gasteiger partial charge in [-0.05, 0) is 55.0 Å². The van der Waals surface area contributed by atoms with Gasteiger partial charge in [-0.1, -0.05) is 60.7 Å². The highest BCUT2D eigenvalue weighted by Crippen LogP contribution is 2.33. The van der Waals surface area contributed by atoms with Gasteiger partial charge in [0.25, 0.3) is 0 Å². The van der Waals surface area contributed by atoms with E-state index in [0.29, 0.717) is 12.6 Å². The highest BCUT2D eigenvalue weighted by Gasteiger charge is 2.26. The van der Waals surface area contributed by atoms with E-state index >= 15 is 0 Å². The zero-order valence-corrected chi connectivity index (χ0v) is 16.1. The van der Waals surface area contributed by atoms with E-state index in [1.807, 2.05) is 11.0 Å². The summed E-state index contributed by atoms with van der Waals surface area (Å²) < 4.78 is 0. The molecule has 1 amide bonds. The number of aryl methyl sites for hydroxylation is 1. The van der Waals surface area contributed by atoms with Crippen molar-refractivity contribution in [2.24, 2.45) is 0 Å². The number of nitrogens with zero attached hydrogens (tertiary/aromatic N) is 2. The van der Waals surface area contributed by atoms with Crippen LogP contribution in [0.4, 0.5) is 0 Å². The van der Waals surface area contributed by atoms with Gasteiger partial charge in [-0.3, -0.25) is 9.69 Å². The first kappa shape index (κ1) is 18.0. The molecule has 3 heteroatoms. The Bertz CT molecular complexity index is 827. The van der Waals surface area contributed by atoms with Crippen LogP contribution in [0.2, 0.25) is 0 Å². The summed E-state index contributed by atoms with van der Waals surface area (Å²) in [6.45, 7) is 2.03. The Kier molecular flexibility index (Phi) is 5.40. The Morgan fingerprint density at radius 3 is 2.63 bits per heavy atom. The molecule has 1 atom stereocenters. The van der Waals surface area contributed by atoms with Crippen molar-refractivity contribution in [2.45, 2.75) is 31.7 Å². The summed E-state index contributed by atoms with van der Waals surface area (Å²) in [5.74, 6) is 0.240. The van der Waals surface area contributed by atoms with E-state index < -0.39 is 0 Å². The zero-order chi connectivity index (χ0) is 18.6. The molecule has 0 fully saturated rings. The summed E-state index contributed by atoms with van der Waals surface area (Å²) in [5.41, 5.74) is 5.49. The predicted octanol–water partition coefficient (Wildman–Crippen LogP) is 4.31. The van der Waals surface area contributed by atoms with Crippen LogP contribution < -0.4 is 0 Å². The van der Waals surface area contributed by atoms with Crippen LogP contribution in [0.5, 0.6) is 0 Å². The van der Waals surface area contributed by atoms with Gasteiger partial charge in [0.15, 0.2) is 0 Å². The third kappa shape index (κ3) is 3.98. The van der Waals surface area contributed by atoms with Crippen molar-refractivity contribution in [3.63, 3.8) is 0 Å². The van der Waals surface area contributed by atoms with Crippen molar-refractivity contribution in [1.82, 2.24) is 9.80 Å². The summed E-state index contributed by atoms with van der Waals surface area (Å²) >= 11 is 0. The topological polar surface area (TPSA) is 23.6 Å². The second kappa shape index (κ2) is 8.10. The van der Waals surface area contributed by atoms with E-state index in [1.165, 1.54) is 28.7 Å². The number of hydrogen-bond donors (Lipinski definition) is 0. The monoisotopic (exact) mass is 360 g/mol. The first-order chi connectivity index (χ1) is 13.2. The van der Waals surface area contributed by atoms with Crippen LogP contribution in [0.3, 0.4) is 0 Å². The number of hydrogen-bond acceptors (Lipinski definition) is 2. The number of amides is 1. The minimum atomic E-state index is 0.240. The molecule has 1 aliphatic heterocycles. The van der Waals surface area contributed by atoms with Gasteiger partial charge >= 0.3 is 0 Å². The molecule has 0 unspecified atom stereocenters. The number of carbonyl (C=O) groups excluding carboxylic acids is 1. The molecule has 0 radical (unpaired) electrons. The lowest BCUT2D eigenvalue weighted by atomic mass is 9.87. The number of rotatable bonds is 4. The molecule has 0 bridgehead atoms. The van der Waals surface area contributed by atoms with Gasteiger partial charge in [-0.25, -0.2) is 0 Å². The molecule has 0 saturated heterocycles. The van der Waals surface area contributed by atoms with E-state index in [-0.39, 0.29) is 5.91 Å². The second-order valence-electron chi connectivity index (χ2n) is 7.71. The highest BCUT2D eigenvalue weighted by atomic mass is 16.2. The standard InChI is InChI=1S/C24H28N2O/c1-25(23-13-7-11-21-10-5-6-12-22(21)23)18-24(27)26-16-14-20(15-17-26)19-8-3-2-4-9-19/h2-6,8-10,12,14,23H,7,11,13,15-18H2,1H3/t23-/m1/s1. The molecule has 0 aromatic heterocycles. The lowest BCUT2D eigenvalue weighted by Crippen LogP contribution is -2.42. The third-order valence-corrected chi connectivity index (χ3v) is 5.96. The first-order valence-corrected chi connectivity index (χ1v) is 10.0. The summed E-state index contributed by atoms with van der Waals surface area (Å²) in [6.07, 6.45) is 6.65. The Hall–Kier alpha value is -2.39. The smallest absolute Gasteiger partial charge is 0.237 e. The number of likely N-dealkylation sites (N-methyl/N-ethyl adjacent to an activating group) is 1. The van der Waals surface area contributed by atoms with Gasteiger partial charge in [0, 0.05) is 19.1 Å². The molecule has 0 N–H and O–H groups in total. The Labute approximate surface area is 162 Å². The van der Waals surface area contributed by atoms with Crippen LogP contribution in [0.15, 0.2) is 60.7 Å². The molecule has 140 valence electrons. The fraction of sp³-hybridized carbons (Fsp3) is 0.375. The largest absolute Gasteiger partial charge is 0.338 e. The molecule has 2 aromatic carbocycles. The van der Waals surface area contributed by atoms with Gasteiger partial charge in [-0.15, -0.1) is 0 Å².